The number of hydrogen-bond donors (Lipinski definition) is 2. The molecule has 104 valence electrons. The lowest BCUT2D eigenvalue weighted by Crippen LogP contribution is -2.25. The van der Waals surface area contributed by atoms with Gasteiger partial charge in [0.05, 0.1) is 23.5 Å². The van der Waals surface area contributed by atoms with Crippen LogP contribution in [0, 0.1) is 6.92 Å². The van der Waals surface area contributed by atoms with Crippen LogP contribution in [0.25, 0.3) is 0 Å². The van der Waals surface area contributed by atoms with Crippen LogP contribution in [0.2, 0.25) is 5.02 Å². The zero-order valence-electron chi connectivity index (χ0n) is 10.9. The van der Waals surface area contributed by atoms with Gasteiger partial charge in [-0.3, -0.25) is 4.79 Å². The van der Waals surface area contributed by atoms with Gasteiger partial charge in [0, 0.05) is 0 Å². The molecule has 0 saturated carbocycles. The minimum absolute atomic E-state index is 0.0816. The molecule has 0 atom stereocenters. The lowest BCUT2D eigenvalue weighted by molar-refractivity contribution is -0.119. The summed E-state index contributed by atoms with van der Waals surface area (Å²) in [5.74, 6) is 1.10. The van der Waals surface area contributed by atoms with Gasteiger partial charge < -0.3 is 9.73 Å². The Bertz CT molecular complexity index is 622. The molecule has 0 aliphatic heterocycles. The van der Waals surface area contributed by atoms with E-state index in [-0.39, 0.29) is 12.5 Å². The zero-order chi connectivity index (χ0) is 14.4. The second-order valence-corrected chi connectivity index (χ2v) is 4.48. The minimum atomic E-state index is -0.274. The molecule has 5 nitrogen and oxygen atoms in total. The van der Waals surface area contributed by atoms with Gasteiger partial charge >= 0.3 is 0 Å². The van der Waals surface area contributed by atoms with Gasteiger partial charge in [-0.1, -0.05) is 23.7 Å². The van der Waals surface area contributed by atoms with E-state index >= 15 is 0 Å². The third kappa shape index (κ3) is 4.13. The Balaban J connectivity index is 1.78. The van der Waals surface area contributed by atoms with Crippen molar-refractivity contribution in [1.29, 1.82) is 0 Å². The minimum Gasteiger partial charge on any atom is -0.460 e. The number of hydrogen-bond acceptors (Lipinski definition) is 4. The molecule has 2 N–H and O–H groups in total. The van der Waals surface area contributed by atoms with E-state index < -0.39 is 0 Å². The summed E-state index contributed by atoms with van der Waals surface area (Å²) in [6.07, 6.45) is 1.44. The fourth-order valence-corrected chi connectivity index (χ4v) is 1.71. The maximum Gasteiger partial charge on any atom is 0.259 e. The number of rotatable bonds is 5. The van der Waals surface area contributed by atoms with E-state index in [2.05, 4.69) is 15.8 Å². The monoisotopic (exact) mass is 291 g/mol. The van der Waals surface area contributed by atoms with Crippen LogP contribution >= 0.6 is 11.6 Å². The second-order valence-electron chi connectivity index (χ2n) is 4.07. The Hall–Kier alpha value is -2.27. The summed E-state index contributed by atoms with van der Waals surface area (Å²) in [7, 11) is 0. The van der Waals surface area contributed by atoms with Crippen molar-refractivity contribution < 1.29 is 9.21 Å². The topological polar surface area (TPSA) is 66.6 Å². The Morgan fingerprint density at radius 2 is 2.15 bits per heavy atom. The number of halogens is 1. The molecule has 6 heteroatoms. The third-order valence-corrected chi connectivity index (χ3v) is 2.79. The highest BCUT2D eigenvalue weighted by molar-refractivity contribution is 6.33. The number of furan rings is 1. The molecule has 0 radical (unpaired) electrons. The standard InChI is InChI=1S/C14H14ClN3O2/c1-10-6-7-11(20-10)8-17-18-14(19)9-16-13-5-3-2-4-12(13)15/h2-8,16H,9H2,1H3,(H,18,19)/b17-8+. The molecule has 0 aliphatic carbocycles. The van der Waals surface area contributed by atoms with Crippen molar-refractivity contribution in [3.05, 3.63) is 52.9 Å². The van der Waals surface area contributed by atoms with Gasteiger partial charge in [0.1, 0.15) is 11.5 Å². The fourth-order valence-electron chi connectivity index (χ4n) is 1.51. The Morgan fingerprint density at radius 1 is 1.35 bits per heavy atom. The van der Waals surface area contributed by atoms with Crippen LogP contribution in [0.5, 0.6) is 0 Å². The van der Waals surface area contributed by atoms with Crippen LogP contribution in [-0.2, 0) is 4.79 Å². The average Bonchev–Trinajstić information content (AvgIpc) is 2.83. The van der Waals surface area contributed by atoms with Crippen molar-refractivity contribution in [2.45, 2.75) is 6.92 Å². The molecule has 1 aromatic carbocycles. The zero-order valence-corrected chi connectivity index (χ0v) is 11.6. The predicted molar refractivity (Wildman–Crippen MR) is 79.1 cm³/mol. The largest absolute Gasteiger partial charge is 0.460 e. The quantitative estimate of drug-likeness (QED) is 0.657. The number of aryl methyl sites for hydroxylation is 1. The average molecular weight is 292 g/mol. The summed E-state index contributed by atoms with van der Waals surface area (Å²) in [4.78, 5) is 11.6. The number of nitrogens with one attached hydrogen (secondary N) is 2. The van der Waals surface area contributed by atoms with Gasteiger partial charge in [-0.2, -0.15) is 5.10 Å². The van der Waals surface area contributed by atoms with Crippen LogP contribution in [0.4, 0.5) is 5.69 Å². The van der Waals surface area contributed by atoms with Crippen molar-refractivity contribution in [3.8, 4) is 0 Å². The number of carbonyl (C=O) groups excluding carboxylic acids is 1. The molecule has 2 rings (SSSR count). The van der Waals surface area contributed by atoms with E-state index in [1.807, 2.05) is 25.1 Å². The number of benzene rings is 1. The lowest BCUT2D eigenvalue weighted by atomic mass is 10.3. The molecule has 0 spiro atoms. The first-order chi connectivity index (χ1) is 9.65. The predicted octanol–water partition coefficient (Wildman–Crippen LogP) is 2.80. The summed E-state index contributed by atoms with van der Waals surface area (Å²) in [5.41, 5.74) is 3.10. The van der Waals surface area contributed by atoms with Crippen LogP contribution in [-0.4, -0.2) is 18.7 Å². The molecule has 1 heterocycles. The first-order valence-corrected chi connectivity index (χ1v) is 6.39. The van der Waals surface area contributed by atoms with E-state index in [1.54, 1.807) is 18.2 Å². The van der Waals surface area contributed by atoms with Gasteiger partial charge in [-0.15, -0.1) is 0 Å². The highest BCUT2D eigenvalue weighted by Gasteiger charge is 2.02. The molecule has 0 unspecified atom stereocenters. The Morgan fingerprint density at radius 3 is 2.85 bits per heavy atom. The molecule has 0 bridgehead atoms. The van der Waals surface area contributed by atoms with Gasteiger partial charge in [-0.25, -0.2) is 5.43 Å². The fraction of sp³-hybridized carbons (Fsp3) is 0.143. The summed E-state index contributed by atoms with van der Waals surface area (Å²) in [6, 6.07) is 10.8. The number of anilines is 1. The number of amides is 1. The van der Waals surface area contributed by atoms with Crippen molar-refractivity contribution in [2.75, 3.05) is 11.9 Å². The first-order valence-electron chi connectivity index (χ1n) is 6.02. The summed E-state index contributed by atoms with van der Waals surface area (Å²) >= 11 is 5.96. The molecule has 0 aliphatic rings. The molecule has 1 aromatic heterocycles. The van der Waals surface area contributed by atoms with Crippen LogP contribution < -0.4 is 10.7 Å². The number of carbonyl (C=O) groups is 1. The van der Waals surface area contributed by atoms with E-state index in [4.69, 9.17) is 16.0 Å². The Kier molecular flexibility index (Phi) is 4.79. The molecular weight excluding hydrogens is 278 g/mol. The maximum atomic E-state index is 11.6. The summed E-state index contributed by atoms with van der Waals surface area (Å²) in [6.45, 7) is 1.92. The highest BCUT2D eigenvalue weighted by Crippen LogP contribution is 2.19. The lowest BCUT2D eigenvalue weighted by Gasteiger charge is -2.06. The van der Waals surface area contributed by atoms with Gasteiger partial charge in [0.25, 0.3) is 5.91 Å². The molecule has 1 amide bonds. The SMILES string of the molecule is Cc1ccc(/C=N/NC(=O)CNc2ccccc2Cl)o1. The van der Waals surface area contributed by atoms with Crippen molar-refractivity contribution in [1.82, 2.24) is 5.43 Å². The number of hydrazone groups is 1. The van der Waals surface area contributed by atoms with Crippen LogP contribution in [0.1, 0.15) is 11.5 Å². The Labute approximate surface area is 121 Å². The van der Waals surface area contributed by atoms with E-state index in [0.29, 0.717) is 16.5 Å². The van der Waals surface area contributed by atoms with E-state index in [0.717, 1.165) is 5.76 Å². The van der Waals surface area contributed by atoms with E-state index in [1.165, 1.54) is 6.21 Å². The van der Waals surface area contributed by atoms with Crippen LogP contribution in [0.15, 0.2) is 45.9 Å². The third-order valence-electron chi connectivity index (χ3n) is 2.46. The molecule has 20 heavy (non-hydrogen) atoms. The van der Waals surface area contributed by atoms with Gasteiger partial charge in [0.15, 0.2) is 0 Å². The van der Waals surface area contributed by atoms with Crippen molar-refractivity contribution in [2.24, 2.45) is 5.10 Å². The number of para-hydroxylation sites is 1. The molecular formula is C14H14ClN3O2. The summed E-state index contributed by atoms with van der Waals surface area (Å²) in [5, 5.41) is 7.29. The summed E-state index contributed by atoms with van der Waals surface area (Å²) < 4.78 is 5.28. The van der Waals surface area contributed by atoms with Crippen molar-refractivity contribution in [3.63, 3.8) is 0 Å². The maximum absolute atomic E-state index is 11.6. The van der Waals surface area contributed by atoms with E-state index in [9.17, 15) is 4.79 Å². The molecule has 0 fully saturated rings. The molecule has 0 saturated heterocycles. The normalized spacial score (nSPS) is 10.7. The molecule has 2 aromatic rings. The van der Waals surface area contributed by atoms with Crippen LogP contribution in [0.3, 0.4) is 0 Å². The smallest absolute Gasteiger partial charge is 0.259 e. The highest BCUT2D eigenvalue weighted by atomic mass is 35.5. The van der Waals surface area contributed by atoms with Gasteiger partial charge in [-0.05, 0) is 31.2 Å². The number of nitrogens with zero attached hydrogens (tertiary/aromatic N) is 1. The van der Waals surface area contributed by atoms with Gasteiger partial charge in [0.2, 0.25) is 0 Å². The van der Waals surface area contributed by atoms with Crippen molar-refractivity contribution >= 4 is 29.4 Å². The second kappa shape index (κ2) is 6.77. The first kappa shape index (κ1) is 14.1.